The van der Waals surface area contributed by atoms with Crippen LogP contribution in [0.2, 0.25) is 0 Å². The first-order valence-electron chi connectivity index (χ1n) is 29.0. The molecular weight excluding hydrogens is 1430 g/mol. The Labute approximate surface area is 547 Å². The van der Waals surface area contributed by atoms with E-state index in [0.717, 1.165) is 32.3 Å². The Morgan fingerprint density at radius 2 is 0.800 bits per heavy atom. The number of benzene rings is 8. The number of halogens is 6. The van der Waals surface area contributed by atoms with Crippen molar-refractivity contribution in [3.8, 4) is 23.0 Å². The summed E-state index contributed by atoms with van der Waals surface area (Å²) in [5, 5.41) is 34.3. The fourth-order valence-corrected chi connectivity index (χ4v) is 11.4. The second kappa shape index (κ2) is 30.2. The van der Waals surface area contributed by atoms with E-state index in [2.05, 4.69) is 34.8 Å². The molecule has 2 saturated carbocycles. The molecule has 14 rings (SSSR count). The Hall–Kier alpha value is -10.2. The van der Waals surface area contributed by atoms with E-state index < -0.39 is 37.6 Å². The van der Waals surface area contributed by atoms with Gasteiger partial charge in [-0.25, -0.2) is 0 Å². The van der Waals surface area contributed by atoms with Gasteiger partial charge in [-0.15, -0.1) is 0 Å². The number of aromatic hydroxyl groups is 1. The minimum Gasteiger partial charge on any atom is -0.508 e. The molecular formula is C68H55F6N4O16W-. The first-order valence-corrected chi connectivity index (χ1v) is 29.0. The zero-order valence-electron chi connectivity index (χ0n) is 50.5. The molecule has 0 amide bonds. The zero-order chi connectivity index (χ0) is 65.6. The Bertz CT molecular complexity index is 4690. The van der Waals surface area contributed by atoms with E-state index in [-0.39, 0.29) is 113 Å². The van der Waals surface area contributed by atoms with Crippen LogP contribution in [0.4, 0.5) is 26.3 Å². The monoisotopic (exact) mass is 1480 g/mol. The second-order valence-electron chi connectivity index (χ2n) is 21.3. The van der Waals surface area contributed by atoms with Crippen molar-refractivity contribution in [3.05, 3.63) is 152 Å². The normalized spacial score (nSPS) is 14.8. The van der Waals surface area contributed by atoms with Crippen molar-refractivity contribution in [3.63, 3.8) is 0 Å². The van der Waals surface area contributed by atoms with Crippen molar-refractivity contribution in [2.24, 2.45) is 0 Å². The van der Waals surface area contributed by atoms with Gasteiger partial charge >= 0.3 is 31.8 Å². The third kappa shape index (κ3) is 15.6. The predicted octanol–water partition coefficient (Wildman–Crippen LogP) is 14.9. The summed E-state index contributed by atoms with van der Waals surface area (Å²) in [5.41, 5.74) is 4.15. The van der Waals surface area contributed by atoms with Crippen LogP contribution in [0.1, 0.15) is 87.0 Å². The SMILES string of the molecule is CCOC(=O)Cc1noc2ccc3cc(O)ccc3c12.CCOC(=O)Cc1noc2ccc3cc(OC(F)F)ccc3c12.O=C1CCC(c2noc3ccc4cc(OC(F)F)ccc4c23)C(=O)C1.O=C1CCC(c2noc3ccc4cc(OC(F)F)ccc4c23)C(=O)C1.[CH3-].[W]. The van der Waals surface area contributed by atoms with E-state index in [0.29, 0.717) is 110 Å². The minimum atomic E-state index is -2.90. The maximum atomic E-state index is 12.4. The van der Waals surface area contributed by atoms with Crippen LogP contribution in [0.3, 0.4) is 0 Å². The van der Waals surface area contributed by atoms with E-state index in [1.807, 2.05) is 6.07 Å². The number of phenols is 1. The van der Waals surface area contributed by atoms with Crippen molar-refractivity contribution < 1.29 is 123 Å². The Morgan fingerprint density at radius 3 is 1.15 bits per heavy atom. The van der Waals surface area contributed by atoms with Crippen LogP contribution in [-0.2, 0) is 72.1 Å². The van der Waals surface area contributed by atoms with Crippen molar-refractivity contribution in [2.45, 2.75) is 96.9 Å². The van der Waals surface area contributed by atoms with Crippen LogP contribution in [0.25, 0.3) is 87.0 Å². The molecule has 20 nitrogen and oxygen atoms in total. The molecule has 0 aliphatic heterocycles. The smallest absolute Gasteiger partial charge is 0.387 e. The third-order valence-electron chi connectivity index (χ3n) is 15.4. The van der Waals surface area contributed by atoms with Crippen LogP contribution in [-0.4, -0.2) is 93.9 Å². The number of Topliss-reactive ketones (excluding diaryl/α,β-unsaturated/α-hetero) is 4. The molecule has 4 aromatic heterocycles. The minimum absolute atomic E-state index is 0. The number of ether oxygens (including phenoxy) is 5. The number of carbonyl (C=O) groups excluding carboxylic acids is 6. The summed E-state index contributed by atoms with van der Waals surface area (Å²) in [4.78, 5) is 70.7. The molecule has 2 atom stereocenters. The van der Waals surface area contributed by atoms with Crippen molar-refractivity contribution in [2.75, 3.05) is 13.2 Å². The van der Waals surface area contributed by atoms with Gasteiger partial charge in [0.25, 0.3) is 0 Å². The third-order valence-corrected chi connectivity index (χ3v) is 15.4. The fourth-order valence-electron chi connectivity index (χ4n) is 11.4. The van der Waals surface area contributed by atoms with Gasteiger partial charge in [-0.1, -0.05) is 44.9 Å². The average molecular weight is 1480 g/mol. The van der Waals surface area contributed by atoms with Crippen LogP contribution in [0, 0.1) is 7.43 Å². The summed E-state index contributed by atoms with van der Waals surface area (Å²) in [6, 6.07) is 32.6. The van der Waals surface area contributed by atoms with Gasteiger partial charge in [0.05, 0.1) is 72.3 Å². The maximum Gasteiger partial charge on any atom is 0.387 e. The molecule has 2 aliphatic rings. The molecule has 12 aromatic rings. The van der Waals surface area contributed by atoms with Crippen LogP contribution < -0.4 is 14.2 Å². The van der Waals surface area contributed by atoms with E-state index in [1.54, 1.807) is 92.7 Å². The molecule has 4 heterocycles. The Kier molecular flexibility index (Phi) is 22.0. The van der Waals surface area contributed by atoms with E-state index in [1.165, 1.54) is 36.4 Å². The van der Waals surface area contributed by atoms with E-state index in [9.17, 15) is 60.2 Å². The molecule has 492 valence electrons. The van der Waals surface area contributed by atoms with Gasteiger partial charge < -0.3 is 54.3 Å². The van der Waals surface area contributed by atoms with E-state index in [4.69, 9.17) is 27.6 Å². The van der Waals surface area contributed by atoms with Gasteiger partial charge in [0, 0.05) is 33.9 Å². The quantitative estimate of drug-likeness (QED) is 0.0458. The van der Waals surface area contributed by atoms with Gasteiger partial charge in [0.1, 0.15) is 68.9 Å². The zero-order valence-corrected chi connectivity index (χ0v) is 53.5. The second-order valence-corrected chi connectivity index (χ2v) is 21.3. The molecule has 0 spiro atoms. The van der Waals surface area contributed by atoms with Gasteiger partial charge in [-0.05, 0) is 167 Å². The summed E-state index contributed by atoms with van der Waals surface area (Å²) in [5.74, 6) is -1.80. The molecule has 2 fully saturated rings. The number of ketones is 4. The maximum absolute atomic E-state index is 12.4. The van der Waals surface area contributed by atoms with Crippen molar-refractivity contribution in [1.82, 2.24) is 20.6 Å². The van der Waals surface area contributed by atoms with Gasteiger partial charge in [0.15, 0.2) is 22.3 Å². The molecule has 2 unspecified atom stereocenters. The average Bonchev–Trinajstić information content (AvgIpc) is 1.71. The molecule has 1 N–H and O–H groups in total. The summed E-state index contributed by atoms with van der Waals surface area (Å²) >= 11 is 0. The fraction of sp³-hybridized carbons (Fsp3) is 0.250. The predicted molar refractivity (Wildman–Crippen MR) is 328 cm³/mol. The molecule has 0 saturated heterocycles. The number of fused-ring (bicyclic) bond motifs is 12. The Morgan fingerprint density at radius 1 is 0.474 bits per heavy atom. The van der Waals surface area contributed by atoms with Gasteiger partial charge in [-0.3, -0.25) is 28.8 Å². The van der Waals surface area contributed by atoms with Crippen molar-refractivity contribution in [1.29, 1.82) is 0 Å². The van der Waals surface area contributed by atoms with Crippen LogP contribution >= 0.6 is 0 Å². The number of hydrogen-bond acceptors (Lipinski definition) is 20. The molecule has 8 aromatic carbocycles. The van der Waals surface area contributed by atoms with E-state index >= 15 is 0 Å². The summed E-state index contributed by atoms with van der Waals surface area (Å²) in [6.45, 7) is -4.58. The number of alkyl halides is 6. The number of nitrogens with zero attached hydrogens (tertiary/aromatic N) is 4. The van der Waals surface area contributed by atoms with Gasteiger partial charge in [0.2, 0.25) is 0 Å². The summed E-state index contributed by atoms with van der Waals surface area (Å²) < 4.78 is 118. The standard InChI is InChI=1S/2C18H13F2NO4.C16H13F2NO4.C15H13NO4.CH3.W/c2*19-18(20)24-11-3-5-12-9(7-11)1-6-15-16(12)17(21-25-15)13-4-2-10(22)8-14(13)23;1-2-21-14(20)8-12-15-11-5-4-10(22-16(17)18)7-9(11)3-6-13(15)23-19-12;1-2-19-14(18)8-12-15-11-5-4-10(17)7-9(11)3-6-13(15)20-16-12;;/h2*1,3,5-7,13,18H,2,4,8H2;3-7,16H,2,8H2,1H3;3-7,17H,2,8H2,1H3;1H3;/q;;;;-1;. The number of carbonyl (C=O) groups is 6. The largest absolute Gasteiger partial charge is 0.508 e. The van der Waals surface area contributed by atoms with Crippen molar-refractivity contribution >= 4 is 122 Å². The number of phenolic OH excluding ortho intramolecular Hbond substituents is 1. The summed E-state index contributed by atoms with van der Waals surface area (Å²) in [6.07, 6.45) is 1.36. The first-order chi connectivity index (χ1) is 44.8. The summed E-state index contributed by atoms with van der Waals surface area (Å²) in [7, 11) is 0. The number of rotatable bonds is 14. The Balaban J connectivity index is 0.000000148. The van der Waals surface area contributed by atoms with Crippen LogP contribution in [0.15, 0.2) is 139 Å². The molecule has 2 aliphatic carbocycles. The molecule has 0 bridgehead atoms. The van der Waals surface area contributed by atoms with Gasteiger partial charge in [-0.2, -0.15) is 26.3 Å². The first kappa shape index (κ1) is 69.1. The number of esters is 2. The molecule has 0 radical (unpaired) electrons. The topological polar surface area (TPSA) is 273 Å². The van der Waals surface area contributed by atoms with Crippen LogP contribution in [0.5, 0.6) is 23.0 Å². The molecule has 27 heteroatoms. The number of aromatic nitrogens is 4. The molecule has 95 heavy (non-hydrogen) atoms. The number of hydrogen-bond donors (Lipinski definition) is 1.